The van der Waals surface area contributed by atoms with Gasteiger partial charge in [-0.25, -0.2) is 4.98 Å². The lowest BCUT2D eigenvalue weighted by atomic mass is 10.1. The zero-order valence-corrected chi connectivity index (χ0v) is 22.1. The molecule has 14 heteroatoms. The van der Waals surface area contributed by atoms with E-state index in [1.165, 1.54) is 18.3 Å². The quantitative estimate of drug-likeness (QED) is 0.182. The number of ether oxygens (including phenoxy) is 1. The van der Waals surface area contributed by atoms with Gasteiger partial charge in [-0.2, -0.15) is 27.1 Å². The predicted molar refractivity (Wildman–Crippen MR) is 145 cm³/mol. The number of hydrogen-bond donors (Lipinski definition) is 4. The molecule has 1 atom stereocenters. The highest BCUT2D eigenvalue weighted by Gasteiger charge is 2.60. The highest BCUT2D eigenvalue weighted by atomic mass is 19.4. The van der Waals surface area contributed by atoms with Gasteiger partial charge in [0.2, 0.25) is 0 Å². The second-order valence-corrected chi connectivity index (χ2v) is 9.91. The number of aromatic amines is 1. The van der Waals surface area contributed by atoms with Gasteiger partial charge in [-0.3, -0.25) is 9.89 Å². The molecule has 222 valence electrons. The van der Waals surface area contributed by atoms with Crippen molar-refractivity contribution in [3.8, 4) is 5.75 Å². The Morgan fingerprint density at radius 3 is 2.60 bits per heavy atom. The largest absolute Gasteiger partial charge is 0.490 e. The fraction of sp³-hybridized carbons (Fsp3) is 0.321. The number of amides is 1. The first-order chi connectivity index (χ1) is 20.0. The normalized spacial score (nSPS) is 15.1. The summed E-state index contributed by atoms with van der Waals surface area (Å²) in [6.45, 7) is 1.16. The summed E-state index contributed by atoms with van der Waals surface area (Å²) in [5.41, 5.74) is -0.105. The average Bonchev–Trinajstić information content (AvgIpc) is 3.63. The third-order valence-electron chi connectivity index (χ3n) is 6.79. The van der Waals surface area contributed by atoms with E-state index in [1.807, 2.05) is 11.0 Å². The summed E-state index contributed by atoms with van der Waals surface area (Å²) in [4.78, 5) is 19.3. The molecule has 1 aliphatic rings. The number of nitrogens with zero attached hydrogens (tertiary/aromatic N) is 3. The van der Waals surface area contributed by atoms with E-state index in [2.05, 4.69) is 25.8 Å². The number of halogens is 5. The predicted octanol–water partition coefficient (Wildman–Crippen LogP) is 5.44. The number of aliphatic hydroxyl groups is 1. The van der Waals surface area contributed by atoms with Gasteiger partial charge in [0, 0.05) is 35.6 Å². The van der Waals surface area contributed by atoms with Crippen LogP contribution in [0.15, 0.2) is 60.9 Å². The second kappa shape index (κ2) is 11.9. The highest BCUT2D eigenvalue weighted by Crippen LogP contribution is 2.47. The minimum atomic E-state index is -5.89. The molecule has 0 spiro atoms. The van der Waals surface area contributed by atoms with Crippen LogP contribution >= 0.6 is 0 Å². The molecule has 0 saturated carbocycles. The number of likely N-dealkylation sites (tertiary alicyclic amines) is 1. The molecule has 2 aromatic carbocycles. The Kier molecular flexibility index (Phi) is 8.27. The fourth-order valence-corrected chi connectivity index (χ4v) is 4.67. The molecule has 0 radical (unpaired) electrons. The molecule has 4 N–H and O–H groups in total. The Bertz CT molecular complexity index is 1550. The highest BCUT2D eigenvalue weighted by molar-refractivity contribution is 6.08. The summed E-state index contributed by atoms with van der Waals surface area (Å²) in [5.74, 6) is -6.58. The minimum Gasteiger partial charge on any atom is -0.490 e. The Labute approximate surface area is 236 Å². The maximum absolute atomic E-state index is 14.4. The Balaban J connectivity index is 1.36. The van der Waals surface area contributed by atoms with Gasteiger partial charge in [0.05, 0.1) is 22.8 Å². The van der Waals surface area contributed by atoms with Gasteiger partial charge in [-0.05, 0) is 68.4 Å². The number of hydrogen-bond acceptors (Lipinski definition) is 7. The number of alkyl halides is 5. The molecule has 1 fully saturated rings. The second-order valence-electron chi connectivity index (χ2n) is 9.91. The zero-order valence-electron chi connectivity index (χ0n) is 22.1. The Morgan fingerprint density at radius 1 is 1.07 bits per heavy atom. The summed E-state index contributed by atoms with van der Waals surface area (Å²) in [6.07, 6.45) is -2.00. The fourth-order valence-electron chi connectivity index (χ4n) is 4.67. The van der Waals surface area contributed by atoms with Crippen LogP contribution in [0.1, 0.15) is 28.8 Å². The lowest BCUT2D eigenvalue weighted by molar-refractivity contribution is -0.289. The van der Waals surface area contributed by atoms with Crippen LogP contribution in [0, 0.1) is 0 Å². The first-order valence-electron chi connectivity index (χ1n) is 13.1. The van der Waals surface area contributed by atoms with E-state index in [0.29, 0.717) is 11.8 Å². The molecule has 1 saturated heterocycles. The van der Waals surface area contributed by atoms with Gasteiger partial charge in [-0.15, -0.1) is 0 Å². The molecule has 1 aliphatic heterocycles. The van der Waals surface area contributed by atoms with Gasteiger partial charge in [0.25, 0.3) is 5.91 Å². The lowest BCUT2D eigenvalue weighted by Crippen LogP contribution is -2.36. The smallest absolute Gasteiger partial charge is 0.458 e. The van der Waals surface area contributed by atoms with Crippen LogP contribution in [-0.2, 0) is 5.92 Å². The number of aliphatic hydroxyl groups excluding tert-OH is 1. The van der Waals surface area contributed by atoms with Crippen molar-refractivity contribution in [1.82, 2.24) is 20.1 Å². The number of H-pyrrole nitrogens is 1. The first-order valence-corrected chi connectivity index (χ1v) is 13.1. The van der Waals surface area contributed by atoms with Crippen molar-refractivity contribution in [2.24, 2.45) is 0 Å². The standard InChI is InChI=1S/C28H27F5N6O3/c29-27(30,28(31,32)33)22-8-7-19(13-24(22)42-16-20(40)15-39-10-1-2-11-39)37-26(41)21-4-3-9-34-25(21)36-18-6-5-17-14-35-38-23(17)12-18/h3-9,12-14,20,40H,1-2,10-11,15-16H2,(H,34,36)(H,35,38)(H,37,41)/t20-/m1/s1. The minimum absolute atomic E-state index is 0.0791. The van der Waals surface area contributed by atoms with Gasteiger partial charge in [0.15, 0.2) is 0 Å². The van der Waals surface area contributed by atoms with Crippen molar-refractivity contribution in [3.63, 3.8) is 0 Å². The summed E-state index contributed by atoms with van der Waals surface area (Å²) < 4.78 is 73.8. The summed E-state index contributed by atoms with van der Waals surface area (Å²) in [7, 11) is 0. The monoisotopic (exact) mass is 590 g/mol. The Morgan fingerprint density at radius 2 is 1.83 bits per heavy atom. The summed E-state index contributed by atoms with van der Waals surface area (Å²) >= 11 is 0. The number of carbonyl (C=O) groups is 1. The SMILES string of the molecule is O=C(Nc1ccc(C(F)(F)C(F)(F)F)c(OC[C@H](O)CN2CCCC2)c1)c1cccnc1Nc1ccc2cn[nH]c2c1. The van der Waals surface area contributed by atoms with Gasteiger partial charge in [-0.1, -0.05) is 0 Å². The number of rotatable bonds is 10. The summed E-state index contributed by atoms with van der Waals surface area (Å²) in [5, 5.41) is 23.5. The van der Waals surface area contributed by atoms with Crippen LogP contribution in [-0.4, -0.2) is 69.6 Å². The molecular formula is C28H27F5N6O3. The van der Waals surface area contributed by atoms with Crippen LogP contribution in [0.5, 0.6) is 5.75 Å². The molecule has 2 aromatic heterocycles. The third-order valence-corrected chi connectivity index (χ3v) is 6.79. The first kappa shape index (κ1) is 29.2. The van der Waals surface area contributed by atoms with Crippen LogP contribution in [0.3, 0.4) is 0 Å². The number of pyridine rings is 1. The van der Waals surface area contributed by atoms with Crippen LogP contribution in [0.4, 0.5) is 39.1 Å². The van der Waals surface area contributed by atoms with Crippen LogP contribution < -0.4 is 15.4 Å². The van der Waals surface area contributed by atoms with Crippen molar-refractivity contribution in [2.75, 3.05) is 36.9 Å². The molecule has 9 nitrogen and oxygen atoms in total. The van der Waals surface area contributed by atoms with E-state index in [9.17, 15) is 31.9 Å². The van der Waals surface area contributed by atoms with Gasteiger partial charge in [0.1, 0.15) is 24.3 Å². The molecule has 1 amide bonds. The molecule has 4 aromatic rings. The number of nitrogens with one attached hydrogen (secondary N) is 3. The topological polar surface area (TPSA) is 115 Å². The molecule has 0 unspecified atom stereocenters. The van der Waals surface area contributed by atoms with Crippen molar-refractivity contribution in [1.29, 1.82) is 0 Å². The number of benzene rings is 2. The molecule has 0 bridgehead atoms. The van der Waals surface area contributed by atoms with Crippen LogP contribution in [0.2, 0.25) is 0 Å². The molecular weight excluding hydrogens is 563 g/mol. The average molecular weight is 591 g/mol. The van der Waals surface area contributed by atoms with Gasteiger partial charge < -0.3 is 25.4 Å². The van der Waals surface area contributed by atoms with E-state index < -0.39 is 42.0 Å². The molecule has 5 rings (SSSR count). The Hall–Kier alpha value is -4.30. The molecule has 42 heavy (non-hydrogen) atoms. The lowest BCUT2D eigenvalue weighted by Gasteiger charge is -2.24. The zero-order chi connectivity index (χ0) is 29.9. The molecule has 3 heterocycles. The van der Waals surface area contributed by atoms with E-state index in [0.717, 1.165) is 49.0 Å². The number of fused-ring (bicyclic) bond motifs is 1. The number of β-amino-alcohol motifs (C(OH)–C–C–N with tert-alkyl or cyclic N) is 1. The van der Waals surface area contributed by atoms with E-state index in [-0.39, 0.29) is 23.6 Å². The third kappa shape index (κ3) is 6.44. The molecule has 0 aliphatic carbocycles. The van der Waals surface area contributed by atoms with Crippen LogP contribution in [0.25, 0.3) is 10.9 Å². The van der Waals surface area contributed by atoms with E-state index in [1.54, 1.807) is 18.3 Å². The number of aromatic nitrogens is 3. The number of carbonyl (C=O) groups excluding carboxylic acids is 1. The summed E-state index contributed by atoms with van der Waals surface area (Å²) in [6, 6.07) is 10.7. The van der Waals surface area contributed by atoms with Crippen molar-refractivity contribution < 1.29 is 36.6 Å². The van der Waals surface area contributed by atoms with E-state index >= 15 is 0 Å². The van der Waals surface area contributed by atoms with Gasteiger partial charge >= 0.3 is 12.1 Å². The van der Waals surface area contributed by atoms with Crippen molar-refractivity contribution in [2.45, 2.75) is 31.0 Å². The van der Waals surface area contributed by atoms with Crippen molar-refractivity contribution >= 4 is 34.0 Å². The van der Waals surface area contributed by atoms with E-state index in [4.69, 9.17) is 4.74 Å². The number of anilines is 3. The maximum atomic E-state index is 14.4. The maximum Gasteiger partial charge on any atom is 0.458 e. The van der Waals surface area contributed by atoms with Crippen molar-refractivity contribution in [3.05, 3.63) is 72.1 Å².